The van der Waals surface area contributed by atoms with E-state index in [0.29, 0.717) is 0 Å². The number of ether oxygens (including phenoxy) is 1. The molecule has 2 heterocycles. The zero-order valence-electron chi connectivity index (χ0n) is 8.88. The number of pyridine rings is 1. The number of carbonyl (C=O) groups is 1. The number of hydrogen-bond acceptors (Lipinski definition) is 6. The van der Waals surface area contributed by atoms with Crippen LogP contribution >= 0.6 is 0 Å². The molecule has 2 aromatic heterocycles. The Morgan fingerprint density at radius 1 is 1.53 bits per heavy atom. The normalized spacial score (nSPS) is 10.2. The monoisotopic (exact) mass is 237 g/mol. The van der Waals surface area contributed by atoms with Gasteiger partial charge in [-0.25, -0.2) is 9.18 Å². The van der Waals surface area contributed by atoms with Crippen LogP contribution in [0, 0.1) is 5.82 Å². The van der Waals surface area contributed by atoms with Crippen molar-refractivity contribution in [1.82, 2.24) is 15.2 Å². The van der Waals surface area contributed by atoms with Crippen LogP contribution < -0.4 is 0 Å². The van der Waals surface area contributed by atoms with Gasteiger partial charge < -0.3 is 9.15 Å². The third-order valence-electron chi connectivity index (χ3n) is 1.88. The van der Waals surface area contributed by atoms with Crippen LogP contribution in [0.5, 0.6) is 0 Å². The summed E-state index contributed by atoms with van der Waals surface area (Å²) < 4.78 is 23.0. The Morgan fingerprint density at radius 3 is 3.06 bits per heavy atom. The maximum Gasteiger partial charge on any atom is 0.396 e. The molecule has 0 spiro atoms. The van der Waals surface area contributed by atoms with E-state index in [1.54, 1.807) is 6.92 Å². The second-order valence-electron chi connectivity index (χ2n) is 2.99. The predicted molar refractivity (Wildman–Crippen MR) is 53.4 cm³/mol. The molecule has 0 fully saturated rings. The zero-order valence-corrected chi connectivity index (χ0v) is 8.88. The van der Waals surface area contributed by atoms with Crippen LogP contribution in [0.2, 0.25) is 0 Å². The van der Waals surface area contributed by atoms with Crippen LogP contribution in [0.15, 0.2) is 22.9 Å². The minimum atomic E-state index is -0.735. The molecule has 7 heteroatoms. The maximum atomic E-state index is 13.3. The van der Waals surface area contributed by atoms with E-state index in [-0.39, 0.29) is 24.0 Å². The largest absolute Gasteiger partial charge is 0.459 e. The predicted octanol–water partition coefficient (Wildman–Crippen LogP) is 1.45. The van der Waals surface area contributed by atoms with Crippen molar-refractivity contribution in [3.63, 3.8) is 0 Å². The van der Waals surface area contributed by atoms with Crippen molar-refractivity contribution in [2.24, 2.45) is 0 Å². The zero-order chi connectivity index (χ0) is 12.3. The van der Waals surface area contributed by atoms with Gasteiger partial charge in [0.2, 0.25) is 0 Å². The summed E-state index contributed by atoms with van der Waals surface area (Å²) in [5.41, 5.74) is 0.0862. The topological polar surface area (TPSA) is 78.1 Å². The summed E-state index contributed by atoms with van der Waals surface area (Å²) >= 11 is 0. The number of rotatable bonds is 3. The minimum Gasteiger partial charge on any atom is -0.459 e. The Bertz CT molecular complexity index is 541. The minimum absolute atomic E-state index is 0.0862. The van der Waals surface area contributed by atoms with Crippen molar-refractivity contribution in [2.75, 3.05) is 6.61 Å². The van der Waals surface area contributed by atoms with E-state index in [1.165, 1.54) is 12.3 Å². The Balaban J connectivity index is 2.30. The molecule has 0 aliphatic heterocycles. The molecule has 0 unspecified atom stereocenters. The molecule has 6 nitrogen and oxygen atoms in total. The number of carbonyl (C=O) groups excluding carboxylic acids is 1. The summed E-state index contributed by atoms with van der Waals surface area (Å²) in [6, 6.07) is 1.37. The molecule has 2 rings (SSSR count). The first kappa shape index (κ1) is 11.2. The van der Waals surface area contributed by atoms with Gasteiger partial charge in [-0.1, -0.05) is 0 Å². The van der Waals surface area contributed by atoms with Crippen LogP contribution in [-0.2, 0) is 4.74 Å². The standard InChI is InChI=1S/C10H8FN3O3/c1-2-16-10(15)9-14-13-8(17-9)6-3-4-12-5-7(6)11/h3-5H,2H2,1H3. The van der Waals surface area contributed by atoms with Gasteiger partial charge in [0.05, 0.1) is 18.4 Å². The summed E-state index contributed by atoms with van der Waals surface area (Å²) in [4.78, 5) is 14.8. The quantitative estimate of drug-likeness (QED) is 0.752. The molecular formula is C10H8FN3O3. The summed E-state index contributed by atoms with van der Waals surface area (Å²) in [6.07, 6.45) is 2.40. The first-order chi connectivity index (χ1) is 8.22. The van der Waals surface area contributed by atoms with Gasteiger partial charge in [-0.2, -0.15) is 0 Å². The molecule has 0 aliphatic rings. The van der Waals surface area contributed by atoms with Crippen LogP contribution in [0.3, 0.4) is 0 Å². The van der Waals surface area contributed by atoms with Crippen molar-refractivity contribution < 1.29 is 18.3 Å². The molecule has 0 atom stereocenters. The van der Waals surface area contributed by atoms with E-state index in [2.05, 4.69) is 19.9 Å². The van der Waals surface area contributed by atoms with Crippen LogP contribution in [0.25, 0.3) is 11.5 Å². The van der Waals surface area contributed by atoms with Crippen molar-refractivity contribution in [2.45, 2.75) is 6.92 Å². The van der Waals surface area contributed by atoms with Crippen molar-refractivity contribution >= 4 is 5.97 Å². The number of halogens is 1. The molecule has 0 bridgehead atoms. The van der Waals surface area contributed by atoms with Gasteiger partial charge in [-0.15, -0.1) is 10.2 Å². The SMILES string of the molecule is CCOC(=O)c1nnc(-c2ccncc2F)o1. The van der Waals surface area contributed by atoms with Crippen molar-refractivity contribution in [1.29, 1.82) is 0 Å². The van der Waals surface area contributed by atoms with E-state index in [4.69, 9.17) is 4.42 Å². The van der Waals surface area contributed by atoms with E-state index < -0.39 is 11.8 Å². The van der Waals surface area contributed by atoms with Crippen LogP contribution in [0.4, 0.5) is 4.39 Å². The Labute approximate surface area is 95.4 Å². The van der Waals surface area contributed by atoms with Gasteiger partial charge in [0.1, 0.15) is 0 Å². The van der Waals surface area contributed by atoms with Gasteiger partial charge in [0.15, 0.2) is 5.82 Å². The van der Waals surface area contributed by atoms with E-state index in [9.17, 15) is 9.18 Å². The number of nitrogens with zero attached hydrogens (tertiary/aromatic N) is 3. The number of esters is 1. The first-order valence-corrected chi connectivity index (χ1v) is 4.83. The lowest BCUT2D eigenvalue weighted by atomic mass is 10.2. The smallest absolute Gasteiger partial charge is 0.396 e. The summed E-state index contributed by atoms with van der Waals surface area (Å²) in [5, 5.41) is 7.04. The molecule has 0 saturated carbocycles. The molecule has 0 saturated heterocycles. The summed E-state index contributed by atoms with van der Waals surface area (Å²) in [6.45, 7) is 1.85. The van der Waals surface area contributed by atoms with Gasteiger partial charge in [0, 0.05) is 6.20 Å². The average Bonchev–Trinajstić information content (AvgIpc) is 2.79. The summed E-state index contributed by atoms with van der Waals surface area (Å²) in [5.74, 6) is -1.74. The van der Waals surface area contributed by atoms with Gasteiger partial charge in [0.25, 0.3) is 5.89 Å². The second kappa shape index (κ2) is 4.69. The van der Waals surface area contributed by atoms with Crippen molar-refractivity contribution in [3.8, 4) is 11.5 Å². The van der Waals surface area contributed by atoms with Crippen LogP contribution in [-0.4, -0.2) is 27.8 Å². The highest BCUT2D eigenvalue weighted by molar-refractivity contribution is 5.84. The van der Waals surface area contributed by atoms with Gasteiger partial charge >= 0.3 is 11.9 Å². The highest BCUT2D eigenvalue weighted by Gasteiger charge is 2.18. The first-order valence-electron chi connectivity index (χ1n) is 4.83. The fourth-order valence-electron chi connectivity index (χ4n) is 1.16. The Morgan fingerprint density at radius 2 is 2.35 bits per heavy atom. The molecule has 17 heavy (non-hydrogen) atoms. The van der Waals surface area contributed by atoms with E-state index >= 15 is 0 Å². The molecule has 0 aliphatic carbocycles. The van der Waals surface area contributed by atoms with Gasteiger partial charge in [-0.05, 0) is 13.0 Å². The molecule has 0 aromatic carbocycles. The number of aromatic nitrogens is 3. The maximum absolute atomic E-state index is 13.3. The molecule has 0 N–H and O–H groups in total. The molecule has 88 valence electrons. The Kier molecular flexibility index (Phi) is 3.08. The second-order valence-corrected chi connectivity index (χ2v) is 2.99. The van der Waals surface area contributed by atoms with E-state index in [0.717, 1.165) is 6.20 Å². The number of hydrogen-bond donors (Lipinski definition) is 0. The third-order valence-corrected chi connectivity index (χ3v) is 1.88. The summed E-state index contributed by atoms with van der Waals surface area (Å²) in [7, 11) is 0. The lowest BCUT2D eigenvalue weighted by Crippen LogP contribution is -2.04. The Hall–Kier alpha value is -2.31. The van der Waals surface area contributed by atoms with Crippen molar-refractivity contribution in [3.05, 3.63) is 30.2 Å². The lowest BCUT2D eigenvalue weighted by molar-refractivity contribution is 0.0481. The molecular weight excluding hydrogens is 229 g/mol. The fourth-order valence-corrected chi connectivity index (χ4v) is 1.16. The fraction of sp³-hybridized carbons (Fsp3) is 0.200. The van der Waals surface area contributed by atoms with Crippen LogP contribution in [0.1, 0.15) is 17.6 Å². The molecule has 0 amide bonds. The molecule has 0 radical (unpaired) electrons. The van der Waals surface area contributed by atoms with E-state index in [1.807, 2.05) is 0 Å². The van der Waals surface area contributed by atoms with Gasteiger partial charge in [-0.3, -0.25) is 4.98 Å². The molecule has 2 aromatic rings. The third kappa shape index (κ3) is 2.27. The lowest BCUT2D eigenvalue weighted by Gasteiger charge is -1.96. The highest BCUT2D eigenvalue weighted by atomic mass is 19.1. The average molecular weight is 237 g/mol. The highest BCUT2D eigenvalue weighted by Crippen LogP contribution is 2.20.